The Morgan fingerprint density at radius 2 is 1.37 bits per heavy atom. The molecule has 3 aromatic rings. The second kappa shape index (κ2) is 10.7. The van der Waals surface area contributed by atoms with Crippen molar-refractivity contribution in [1.82, 2.24) is 0 Å². The Morgan fingerprint density at radius 1 is 0.857 bits per heavy atom. The molecular formula is C29H29NO4S. The quantitative estimate of drug-likeness (QED) is 0.240. The molecule has 0 aliphatic carbocycles. The number of nitrogens with zero attached hydrogens (tertiary/aromatic N) is 1. The number of ether oxygens (including phenoxy) is 1. The maximum absolute atomic E-state index is 12.7. The van der Waals surface area contributed by atoms with Gasteiger partial charge < -0.3 is 9.64 Å². The average molecular weight is 488 g/mol. The molecule has 4 rings (SSSR count). The molecule has 0 radical (unpaired) electrons. The van der Waals surface area contributed by atoms with Gasteiger partial charge in [-0.3, -0.25) is 0 Å². The minimum Gasteiger partial charge on any atom is -0.459 e. The molecule has 1 aliphatic heterocycles. The van der Waals surface area contributed by atoms with Gasteiger partial charge >= 0.3 is 5.97 Å². The van der Waals surface area contributed by atoms with E-state index in [4.69, 9.17) is 4.74 Å². The summed E-state index contributed by atoms with van der Waals surface area (Å²) in [6, 6.07) is 23.7. The highest BCUT2D eigenvalue weighted by Crippen LogP contribution is 2.24. The number of rotatable bonds is 7. The minimum absolute atomic E-state index is 0.0493. The van der Waals surface area contributed by atoms with Gasteiger partial charge in [-0.15, -0.1) is 0 Å². The smallest absolute Gasteiger partial charge is 0.333 e. The highest BCUT2D eigenvalue weighted by atomic mass is 32.2. The summed E-state index contributed by atoms with van der Waals surface area (Å²) in [5.41, 5.74) is 3.55. The Hall–Kier alpha value is -3.64. The van der Waals surface area contributed by atoms with E-state index >= 15 is 0 Å². The van der Waals surface area contributed by atoms with Crippen LogP contribution in [0, 0.1) is 0 Å². The molecule has 1 fully saturated rings. The van der Waals surface area contributed by atoms with Gasteiger partial charge in [-0.1, -0.05) is 61.2 Å². The second-order valence-corrected chi connectivity index (χ2v) is 10.6. The van der Waals surface area contributed by atoms with Crippen molar-refractivity contribution in [2.24, 2.45) is 0 Å². The van der Waals surface area contributed by atoms with Gasteiger partial charge in [0.1, 0.15) is 6.10 Å². The van der Waals surface area contributed by atoms with Crippen molar-refractivity contribution in [1.29, 1.82) is 0 Å². The number of anilines is 1. The Bertz CT molecular complexity index is 1300. The van der Waals surface area contributed by atoms with Crippen molar-refractivity contribution in [2.45, 2.75) is 35.7 Å². The lowest BCUT2D eigenvalue weighted by atomic mass is 10.1. The van der Waals surface area contributed by atoms with Crippen molar-refractivity contribution in [3.8, 4) is 0 Å². The van der Waals surface area contributed by atoms with E-state index in [0.717, 1.165) is 42.7 Å². The van der Waals surface area contributed by atoms with Gasteiger partial charge in [0.15, 0.2) is 0 Å². The summed E-state index contributed by atoms with van der Waals surface area (Å²) in [6.07, 6.45) is 5.53. The standard InChI is InChI=1S/C29H29NO4S/c1-22(2)29(31)34-26-18-20-30(21-19-26)25-14-10-23(11-15-25)8-9-24-12-16-28(17-13-24)35(32,33)27-6-4-3-5-7-27/h3-17,26H,1,18-21H2,2H3. The van der Waals surface area contributed by atoms with E-state index in [9.17, 15) is 13.2 Å². The number of esters is 1. The minimum atomic E-state index is -3.51. The SMILES string of the molecule is C=C(C)C(=O)OC1CCN(c2ccc(C=Cc3ccc(S(=O)(=O)c4ccccc4)cc3)cc2)CC1. The zero-order valence-electron chi connectivity index (χ0n) is 19.8. The van der Waals surface area contributed by atoms with Crippen molar-refractivity contribution in [2.75, 3.05) is 18.0 Å². The Morgan fingerprint density at radius 3 is 1.91 bits per heavy atom. The van der Waals surface area contributed by atoms with Crippen LogP contribution >= 0.6 is 0 Å². The van der Waals surface area contributed by atoms with Gasteiger partial charge in [-0.25, -0.2) is 13.2 Å². The van der Waals surface area contributed by atoms with Crippen LogP contribution in [0.1, 0.15) is 30.9 Å². The fourth-order valence-electron chi connectivity index (χ4n) is 3.97. The van der Waals surface area contributed by atoms with Crippen molar-refractivity contribution in [3.63, 3.8) is 0 Å². The first-order chi connectivity index (χ1) is 16.8. The van der Waals surface area contributed by atoms with Crippen LogP contribution in [0.5, 0.6) is 0 Å². The van der Waals surface area contributed by atoms with Gasteiger partial charge in [-0.05, 0) is 54.4 Å². The normalized spacial score (nSPS) is 14.7. The van der Waals surface area contributed by atoms with Gasteiger partial charge in [0.2, 0.25) is 9.84 Å². The lowest BCUT2D eigenvalue weighted by Gasteiger charge is -2.33. The monoisotopic (exact) mass is 487 g/mol. The largest absolute Gasteiger partial charge is 0.459 e. The van der Waals surface area contributed by atoms with Crippen molar-refractivity contribution in [3.05, 3.63) is 102 Å². The fourth-order valence-corrected chi connectivity index (χ4v) is 5.25. The molecule has 35 heavy (non-hydrogen) atoms. The molecule has 1 aliphatic rings. The summed E-state index contributed by atoms with van der Waals surface area (Å²) < 4.78 is 30.9. The number of hydrogen-bond donors (Lipinski definition) is 0. The maximum atomic E-state index is 12.7. The third kappa shape index (κ3) is 6.08. The summed E-state index contributed by atoms with van der Waals surface area (Å²) in [6.45, 7) is 6.97. The number of sulfone groups is 1. The fraction of sp³-hybridized carbons (Fsp3) is 0.207. The number of benzene rings is 3. The van der Waals surface area contributed by atoms with Gasteiger partial charge in [0, 0.05) is 37.2 Å². The van der Waals surface area contributed by atoms with E-state index in [0.29, 0.717) is 10.5 Å². The van der Waals surface area contributed by atoms with Gasteiger partial charge in [0.05, 0.1) is 9.79 Å². The highest BCUT2D eigenvalue weighted by Gasteiger charge is 2.22. The zero-order chi connectivity index (χ0) is 24.8. The van der Waals surface area contributed by atoms with Crippen LogP contribution in [0.4, 0.5) is 5.69 Å². The third-order valence-corrected chi connectivity index (χ3v) is 7.82. The molecule has 5 nitrogen and oxygen atoms in total. The zero-order valence-corrected chi connectivity index (χ0v) is 20.6. The molecule has 0 aromatic heterocycles. The molecule has 0 N–H and O–H groups in total. The molecule has 0 bridgehead atoms. The predicted molar refractivity (Wildman–Crippen MR) is 140 cm³/mol. The van der Waals surface area contributed by atoms with Crippen LogP contribution in [0.15, 0.2) is 101 Å². The van der Waals surface area contributed by atoms with Crippen LogP contribution in [0.25, 0.3) is 12.2 Å². The molecular weight excluding hydrogens is 458 g/mol. The molecule has 0 atom stereocenters. The maximum Gasteiger partial charge on any atom is 0.333 e. The van der Waals surface area contributed by atoms with Crippen LogP contribution in [-0.2, 0) is 19.4 Å². The van der Waals surface area contributed by atoms with Gasteiger partial charge in [0.25, 0.3) is 0 Å². The number of piperidine rings is 1. The Kier molecular flexibility index (Phi) is 7.51. The van der Waals surface area contributed by atoms with E-state index in [1.54, 1.807) is 49.4 Å². The topological polar surface area (TPSA) is 63.7 Å². The molecule has 1 saturated heterocycles. The van der Waals surface area contributed by atoms with Crippen LogP contribution in [-0.4, -0.2) is 33.6 Å². The average Bonchev–Trinajstić information content (AvgIpc) is 2.89. The second-order valence-electron chi connectivity index (χ2n) is 8.68. The van der Waals surface area contributed by atoms with Gasteiger partial charge in [-0.2, -0.15) is 0 Å². The summed E-state index contributed by atoms with van der Waals surface area (Å²) in [7, 11) is -3.51. The lowest BCUT2D eigenvalue weighted by molar-refractivity contribution is -0.145. The van der Waals surface area contributed by atoms with E-state index in [1.165, 1.54) is 0 Å². The van der Waals surface area contributed by atoms with E-state index < -0.39 is 9.84 Å². The number of hydrogen-bond acceptors (Lipinski definition) is 5. The molecule has 0 saturated carbocycles. The predicted octanol–water partition coefficient (Wildman–Crippen LogP) is 5.78. The third-order valence-electron chi connectivity index (χ3n) is 6.03. The summed E-state index contributed by atoms with van der Waals surface area (Å²) >= 11 is 0. The highest BCUT2D eigenvalue weighted by molar-refractivity contribution is 7.91. The molecule has 3 aromatic carbocycles. The Balaban J connectivity index is 1.34. The first-order valence-corrected chi connectivity index (χ1v) is 13.1. The van der Waals surface area contributed by atoms with E-state index in [1.807, 2.05) is 24.3 Å². The molecule has 0 unspecified atom stereocenters. The molecule has 1 heterocycles. The van der Waals surface area contributed by atoms with E-state index in [2.05, 4.69) is 35.7 Å². The summed E-state index contributed by atoms with van der Waals surface area (Å²) in [5.74, 6) is -0.313. The van der Waals surface area contributed by atoms with Crippen molar-refractivity contribution >= 4 is 33.6 Å². The molecule has 6 heteroatoms. The summed E-state index contributed by atoms with van der Waals surface area (Å²) in [4.78, 5) is 14.6. The van der Waals surface area contributed by atoms with E-state index in [-0.39, 0.29) is 17.0 Å². The van der Waals surface area contributed by atoms with Crippen LogP contribution in [0.2, 0.25) is 0 Å². The molecule has 0 amide bonds. The number of carbonyl (C=O) groups is 1. The van der Waals surface area contributed by atoms with Crippen LogP contribution in [0.3, 0.4) is 0 Å². The van der Waals surface area contributed by atoms with Crippen molar-refractivity contribution < 1.29 is 17.9 Å². The molecule has 180 valence electrons. The number of carbonyl (C=O) groups excluding carboxylic acids is 1. The van der Waals surface area contributed by atoms with Crippen LogP contribution < -0.4 is 4.90 Å². The summed E-state index contributed by atoms with van der Waals surface area (Å²) in [5, 5.41) is 0. The first-order valence-electron chi connectivity index (χ1n) is 11.6. The molecule has 0 spiro atoms. The lowest BCUT2D eigenvalue weighted by Crippen LogP contribution is -2.37. The Labute approximate surface area is 207 Å². The first kappa shape index (κ1) is 24.5.